The van der Waals surface area contributed by atoms with Gasteiger partial charge in [-0.3, -0.25) is 19.2 Å². The number of carbonyl (C=O) groups is 4. The van der Waals surface area contributed by atoms with Crippen molar-refractivity contribution in [1.29, 1.82) is 0 Å². The number of aryl methyl sites for hydroxylation is 1. The summed E-state index contributed by atoms with van der Waals surface area (Å²) < 4.78 is 0. The Morgan fingerprint density at radius 2 is 1.48 bits per heavy atom. The highest BCUT2D eigenvalue weighted by molar-refractivity contribution is 6.13. The molecule has 1 atom stereocenters. The minimum atomic E-state index is -0.267. The molecule has 3 saturated heterocycles. The van der Waals surface area contributed by atoms with E-state index in [1.807, 2.05) is 67.6 Å². The molecule has 4 heterocycles. The number of rotatable bonds is 7. The third kappa shape index (κ3) is 6.46. The topological polar surface area (TPSA) is 102 Å². The number of carbonyl (C=O) groups excluding carboxylic acids is 4. The van der Waals surface area contributed by atoms with Gasteiger partial charge in [0.05, 0.1) is 11.4 Å². The van der Waals surface area contributed by atoms with Crippen LogP contribution in [0, 0.1) is 12.8 Å². The molecule has 4 aliphatic rings. The van der Waals surface area contributed by atoms with Crippen LogP contribution in [0.5, 0.6) is 0 Å². The summed E-state index contributed by atoms with van der Waals surface area (Å²) in [7, 11) is 0. The highest BCUT2D eigenvalue weighted by Crippen LogP contribution is 2.34. The standard InChI is InChI=1S/C39H39N5O4/c1-26-10-12-27(13-11-26)31-6-2-3-7-32(31)38(47)40-30-16-14-29(15-17-30)39(48)43-23-20-37(46)44(35-9-5-4-8-34(35)43)25-36(45)41-33-24-42-21-18-28(33)19-22-42/h2-17,28,33H,18-25H2,1H3,(H,40,47)(H,41,45). The number of hydrogen-bond donors (Lipinski definition) is 2. The largest absolute Gasteiger partial charge is 0.350 e. The first-order chi connectivity index (χ1) is 23.3. The van der Waals surface area contributed by atoms with Crippen molar-refractivity contribution >= 4 is 40.7 Å². The Morgan fingerprint density at radius 3 is 2.19 bits per heavy atom. The SMILES string of the molecule is Cc1ccc(-c2ccccc2C(=O)Nc2ccc(C(=O)N3CCC(=O)N(CC(=O)NC4CN5CCC4CC5)c4ccccc43)cc2)cc1. The zero-order valence-electron chi connectivity index (χ0n) is 27.0. The summed E-state index contributed by atoms with van der Waals surface area (Å²) in [6, 6.07) is 29.6. The van der Waals surface area contributed by atoms with Crippen LogP contribution < -0.4 is 20.4 Å². The van der Waals surface area contributed by atoms with E-state index in [1.54, 1.807) is 41.3 Å². The number of fused-ring (bicyclic) bond motifs is 4. The van der Waals surface area contributed by atoms with Gasteiger partial charge in [0, 0.05) is 42.4 Å². The number of benzene rings is 4. The molecule has 244 valence electrons. The Balaban J connectivity index is 1.05. The molecule has 0 radical (unpaired) electrons. The van der Waals surface area contributed by atoms with Gasteiger partial charge in [0.2, 0.25) is 11.8 Å². The summed E-state index contributed by atoms with van der Waals surface area (Å²) in [4.78, 5) is 59.3. The molecule has 4 aromatic carbocycles. The third-order valence-corrected chi connectivity index (χ3v) is 9.79. The summed E-state index contributed by atoms with van der Waals surface area (Å²) in [5.74, 6) is -0.422. The Bertz CT molecular complexity index is 1850. The first-order valence-corrected chi connectivity index (χ1v) is 16.6. The lowest BCUT2D eigenvalue weighted by Crippen LogP contribution is -2.58. The predicted octanol–water partition coefficient (Wildman–Crippen LogP) is 5.51. The van der Waals surface area contributed by atoms with E-state index in [-0.39, 0.29) is 49.2 Å². The lowest BCUT2D eigenvalue weighted by atomic mass is 9.84. The predicted molar refractivity (Wildman–Crippen MR) is 187 cm³/mol. The molecule has 9 nitrogen and oxygen atoms in total. The third-order valence-electron chi connectivity index (χ3n) is 9.79. The van der Waals surface area contributed by atoms with E-state index in [1.165, 1.54) is 4.90 Å². The second-order valence-corrected chi connectivity index (χ2v) is 12.9. The summed E-state index contributed by atoms with van der Waals surface area (Å²) in [6.07, 6.45) is 2.26. The van der Waals surface area contributed by atoms with Gasteiger partial charge < -0.3 is 25.3 Å². The zero-order chi connectivity index (χ0) is 33.2. The fourth-order valence-electron chi connectivity index (χ4n) is 7.14. The minimum Gasteiger partial charge on any atom is -0.350 e. The van der Waals surface area contributed by atoms with Gasteiger partial charge in [-0.25, -0.2) is 0 Å². The summed E-state index contributed by atoms with van der Waals surface area (Å²) in [6.45, 7) is 5.13. The van der Waals surface area contributed by atoms with Crippen LogP contribution in [0.15, 0.2) is 97.1 Å². The smallest absolute Gasteiger partial charge is 0.258 e. The molecule has 1 unspecified atom stereocenters. The second-order valence-electron chi connectivity index (χ2n) is 12.9. The molecule has 0 aromatic heterocycles. The molecule has 3 fully saturated rings. The van der Waals surface area contributed by atoms with E-state index < -0.39 is 0 Å². The van der Waals surface area contributed by atoms with Crippen molar-refractivity contribution in [2.24, 2.45) is 5.92 Å². The second kappa shape index (κ2) is 13.4. The van der Waals surface area contributed by atoms with Crippen LogP contribution >= 0.6 is 0 Å². The first-order valence-electron chi connectivity index (χ1n) is 16.6. The number of nitrogens with one attached hydrogen (secondary N) is 2. The van der Waals surface area contributed by atoms with Gasteiger partial charge in [0.1, 0.15) is 6.54 Å². The fraction of sp³-hybridized carbons (Fsp3) is 0.282. The van der Waals surface area contributed by atoms with Crippen molar-refractivity contribution in [3.63, 3.8) is 0 Å². The molecular formula is C39H39N5O4. The molecule has 8 rings (SSSR count). The highest BCUT2D eigenvalue weighted by Gasteiger charge is 2.36. The zero-order valence-corrected chi connectivity index (χ0v) is 27.0. The lowest BCUT2D eigenvalue weighted by Gasteiger charge is -2.45. The van der Waals surface area contributed by atoms with Crippen LogP contribution in [0.1, 0.15) is 45.5 Å². The quantitative estimate of drug-likeness (QED) is 0.277. The maximum atomic E-state index is 13.9. The molecule has 4 aliphatic heterocycles. The molecule has 0 aliphatic carbocycles. The van der Waals surface area contributed by atoms with E-state index in [0.717, 1.165) is 49.2 Å². The first kappa shape index (κ1) is 31.3. The van der Waals surface area contributed by atoms with Gasteiger partial charge in [-0.2, -0.15) is 0 Å². The van der Waals surface area contributed by atoms with Crippen LogP contribution in [-0.2, 0) is 9.59 Å². The van der Waals surface area contributed by atoms with Crippen molar-refractivity contribution in [1.82, 2.24) is 10.2 Å². The molecular weight excluding hydrogens is 602 g/mol. The molecule has 48 heavy (non-hydrogen) atoms. The van der Waals surface area contributed by atoms with Gasteiger partial charge in [-0.05, 0) is 92.4 Å². The van der Waals surface area contributed by atoms with Crippen LogP contribution in [0.3, 0.4) is 0 Å². The summed E-state index contributed by atoms with van der Waals surface area (Å²) >= 11 is 0. The number of hydrogen-bond acceptors (Lipinski definition) is 5. The average molecular weight is 642 g/mol. The minimum absolute atomic E-state index is 0.0854. The van der Waals surface area contributed by atoms with E-state index >= 15 is 0 Å². The number of piperidine rings is 3. The monoisotopic (exact) mass is 641 g/mol. The summed E-state index contributed by atoms with van der Waals surface area (Å²) in [5.41, 5.74) is 5.58. The molecule has 4 amide bonds. The van der Waals surface area contributed by atoms with Crippen LogP contribution in [-0.4, -0.2) is 67.3 Å². The van der Waals surface area contributed by atoms with Gasteiger partial charge in [0.15, 0.2) is 0 Å². The fourth-order valence-corrected chi connectivity index (χ4v) is 7.14. The molecule has 0 saturated carbocycles. The Hall–Kier alpha value is -5.28. The number of anilines is 3. The van der Waals surface area contributed by atoms with Crippen molar-refractivity contribution in [2.75, 3.05) is 47.8 Å². The summed E-state index contributed by atoms with van der Waals surface area (Å²) in [5, 5.41) is 6.15. The van der Waals surface area contributed by atoms with Crippen molar-refractivity contribution < 1.29 is 19.2 Å². The Morgan fingerprint density at radius 1 is 0.792 bits per heavy atom. The molecule has 2 N–H and O–H groups in total. The molecule has 0 spiro atoms. The normalized spacial score (nSPS) is 20.1. The maximum Gasteiger partial charge on any atom is 0.258 e. The van der Waals surface area contributed by atoms with Crippen molar-refractivity contribution in [3.8, 4) is 11.1 Å². The Kier molecular flexibility index (Phi) is 8.78. The lowest BCUT2D eigenvalue weighted by molar-refractivity contribution is -0.125. The highest BCUT2D eigenvalue weighted by atomic mass is 16.2. The van der Waals surface area contributed by atoms with E-state index in [2.05, 4.69) is 15.5 Å². The van der Waals surface area contributed by atoms with Crippen LogP contribution in [0.4, 0.5) is 17.1 Å². The molecule has 2 bridgehead atoms. The van der Waals surface area contributed by atoms with Crippen molar-refractivity contribution in [2.45, 2.75) is 32.2 Å². The van der Waals surface area contributed by atoms with E-state index in [9.17, 15) is 19.2 Å². The average Bonchev–Trinajstić information content (AvgIpc) is 3.25. The number of nitrogens with zero attached hydrogens (tertiary/aromatic N) is 3. The van der Waals surface area contributed by atoms with Gasteiger partial charge in [0.25, 0.3) is 11.8 Å². The van der Waals surface area contributed by atoms with Gasteiger partial charge in [-0.15, -0.1) is 0 Å². The van der Waals surface area contributed by atoms with E-state index in [0.29, 0.717) is 34.1 Å². The maximum absolute atomic E-state index is 13.9. The number of amides is 4. The van der Waals surface area contributed by atoms with Gasteiger partial charge >= 0.3 is 0 Å². The Labute approximate surface area is 280 Å². The van der Waals surface area contributed by atoms with Crippen LogP contribution in [0.25, 0.3) is 11.1 Å². The van der Waals surface area contributed by atoms with Gasteiger partial charge in [-0.1, -0.05) is 60.2 Å². The van der Waals surface area contributed by atoms with E-state index in [4.69, 9.17) is 0 Å². The van der Waals surface area contributed by atoms with Crippen molar-refractivity contribution in [3.05, 3.63) is 114 Å². The molecule has 9 heteroatoms. The number of para-hydroxylation sites is 2. The van der Waals surface area contributed by atoms with Crippen LogP contribution in [0.2, 0.25) is 0 Å². The molecule has 4 aromatic rings.